The van der Waals surface area contributed by atoms with Crippen molar-refractivity contribution in [1.29, 1.82) is 0 Å². The number of ether oxygens (including phenoxy) is 6. The van der Waals surface area contributed by atoms with E-state index in [1.165, 1.54) is 0 Å². The van der Waals surface area contributed by atoms with E-state index in [9.17, 15) is 16.8 Å². The van der Waals surface area contributed by atoms with E-state index in [1.807, 2.05) is 6.92 Å². The summed E-state index contributed by atoms with van der Waals surface area (Å²) in [6, 6.07) is 0. The molecule has 0 spiro atoms. The Kier molecular flexibility index (Phi) is 20.6. The van der Waals surface area contributed by atoms with Crippen molar-refractivity contribution in [3.8, 4) is 0 Å². The maximum Gasteiger partial charge on any atom is 0.264 e. The first kappa shape index (κ1) is 32.6. The van der Waals surface area contributed by atoms with Crippen molar-refractivity contribution >= 4 is 20.2 Å². The highest BCUT2D eigenvalue weighted by Gasteiger charge is 2.11. The van der Waals surface area contributed by atoms with Crippen molar-refractivity contribution in [2.24, 2.45) is 5.92 Å². The van der Waals surface area contributed by atoms with Gasteiger partial charge in [0.15, 0.2) is 0 Å². The largest absolute Gasteiger partial charge is 0.379 e. The van der Waals surface area contributed by atoms with Crippen LogP contribution in [0.25, 0.3) is 0 Å². The maximum absolute atomic E-state index is 10.8. The van der Waals surface area contributed by atoms with Gasteiger partial charge in [-0.25, -0.2) is 0 Å². The number of rotatable bonds is 25. The molecule has 0 aliphatic carbocycles. The summed E-state index contributed by atoms with van der Waals surface area (Å²) < 4.78 is 85.2. The Morgan fingerprint density at radius 1 is 0.485 bits per heavy atom. The summed E-state index contributed by atoms with van der Waals surface area (Å²) >= 11 is 0. The fraction of sp³-hybridized carbons (Fsp3) is 1.00. The van der Waals surface area contributed by atoms with Gasteiger partial charge in [0, 0.05) is 12.5 Å². The van der Waals surface area contributed by atoms with E-state index in [0.29, 0.717) is 66.1 Å². The van der Waals surface area contributed by atoms with Gasteiger partial charge in [-0.15, -0.1) is 0 Å². The molecule has 0 saturated heterocycles. The molecule has 0 aliphatic heterocycles. The molecular formula is C19H40O12S2. The molecule has 0 radical (unpaired) electrons. The van der Waals surface area contributed by atoms with Crippen LogP contribution in [-0.4, -0.2) is 122 Å². The summed E-state index contributed by atoms with van der Waals surface area (Å²) in [4.78, 5) is 0. The molecule has 0 atom stereocenters. The quantitative estimate of drug-likeness (QED) is 0.118. The molecule has 12 nitrogen and oxygen atoms in total. The van der Waals surface area contributed by atoms with Crippen molar-refractivity contribution in [2.45, 2.75) is 13.3 Å². The van der Waals surface area contributed by atoms with Crippen LogP contribution in [0.2, 0.25) is 0 Å². The molecule has 0 aromatic carbocycles. The van der Waals surface area contributed by atoms with Gasteiger partial charge < -0.3 is 28.4 Å². The van der Waals surface area contributed by atoms with Gasteiger partial charge in [-0.05, 0) is 6.42 Å². The molecule has 0 amide bonds. The number of hydrogen-bond donors (Lipinski definition) is 0. The molecule has 0 heterocycles. The molecule has 0 aromatic rings. The Bertz CT molecular complexity index is 591. The predicted molar refractivity (Wildman–Crippen MR) is 120 cm³/mol. The van der Waals surface area contributed by atoms with Gasteiger partial charge in [-0.1, -0.05) is 6.92 Å². The van der Waals surface area contributed by atoms with Crippen molar-refractivity contribution in [2.75, 3.05) is 105 Å². The molecule has 0 bridgehead atoms. The normalized spacial score (nSPS) is 12.6. The highest BCUT2D eigenvalue weighted by atomic mass is 32.2. The lowest BCUT2D eigenvalue weighted by Gasteiger charge is -2.18. The Balaban J connectivity index is 3.95. The van der Waals surface area contributed by atoms with E-state index in [1.54, 1.807) is 0 Å². The molecule has 0 unspecified atom stereocenters. The smallest absolute Gasteiger partial charge is 0.264 e. The molecular weight excluding hydrogens is 484 g/mol. The average molecular weight is 525 g/mol. The fourth-order valence-corrected chi connectivity index (χ4v) is 2.93. The van der Waals surface area contributed by atoms with Gasteiger partial charge in [0.05, 0.1) is 98.4 Å². The van der Waals surface area contributed by atoms with Gasteiger partial charge in [0.2, 0.25) is 0 Å². The van der Waals surface area contributed by atoms with Gasteiger partial charge in [0.25, 0.3) is 20.2 Å². The highest BCUT2D eigenvalue weighted by molar-refractivity contribution is 7.86. The molecule has 0 fully saturated rings. The topological polar surface area (TPSA) is 142 Å². The van der Waals surface area contributed by atoms with Crippen LogP contribution in [0.1, 0.15) is 13.3 Å². The standard InChI is InChI=1S/C19H40O12S2/c1-4-5-24-6-9-27-16-19(17-28-10-7-25-12-14-30-32(2,20)21)18-29-11-8-26-13-15-31-33(3,22)23/h19H,4-18H2,1-3H3. The van der Waals surface area contributed by atoms with Gasteiger partial charge >= 0.3 is 0 Å². The van der Waals surface area contributed by atoms with E-state index in [0.717, 1.165) is 18.9 Å². The highest BCUT2D eigenvalue weighted by Crippen LogP contribution is 2.01. The summed E-state index contributed by atoms with van der Waals surface area (Å²) in [6.07, 6.45) is 2.92. The van der Waals surface area contributed by atoms with Crippen LogP contribution >= 0.6 is 0 Å². The van der Waals surface area contributed by atoms with Gasteiger partial charge in [0.1, 0.15) is 0 Å². The molecule has 200 valence electrons. The lowest BCUT2D eigenvalue weighted by Crippen LogP contribution is -2.25. The van der Waals surface area contributed by atoms with Gasteiger partial charge in [-0.2, -0.15) is 16.8 Å². The summed E-state index contributed by atoms with van der Waals surface area (Å²) in [5.41, 5.74) is 0. The van der Waals surface area contributed by atoms with E-state index < -0.39 is 20.2 Å². The Morgan fingerprint density at radius 3 is 1.12 bits per heavy atom. The van der Waals surface area contributed by atoms with Gasteiger partial charge in [-0.3, -0.25) is 8.37 Å². The van der Waals surface area contributed by atoms with Crippen LogP contribution in [0.15, 0.2) is 0 Å². The van der Waals surface area contributed by atoms with Crippen LogP contribution in [0.5, 0.6) is 0 Å². The third kappa shape index (κ3) is 27.7. The molecule has 14 heteroatoms. The maximum atomic E-state index is 10.8. The Labute approximate surface area is 198 Å². The minimum atomic E-state index is -3.46. The Hall–Kier alpha value is -0.420. The predicted octanol–water partition coefficient (Wildman–Crippen LogP) is 0.0646. The van der Waals surface area contributed by atoms with E-state index in [2.05, 4.69) is 8.37 Å². The summed E-state index contributed by atoms with van der Waals surface area (Å²) in [5.74, 6) is -0.0155. The molecule has 0 aliphatic rings. The second-order valence-electron chi connectivity index (χ2n) is 6.98. The molecule has 0 aromatic heterocycles. The third-order valence-electron chi connectivity index (χ3n) is 3.58. The SMILES string of the molecule is CCCOCCOCC(COCCOCCOS(C)(=O)=O)COCCOCCOS(C)(=O)=O. The molecule has 0 N–H and O–H groups in total. The summed E-state index contributed by atoms with van der Waals surface area (Å²) in [7, 11) is -6.92. The number of hydrogen-bond acceptors (Lipinski definition) is 12. The second kappa shape index (κ2) is 20.9. The average Bonchev–Trinajstić information content (AvgIpc) is 2.72. The minimum Gasteiger partial charge on any atom is -0.379 e. The van der Waals surface area contributed by atoms with Crippen molar-refractivity contribution in [3.63, 3.8) is 0 Å². The van der Waals surface area contributed by atoms with E-state index >= 15 is 0 Å². The summed E-state index contributed by atoms with van der Waals surface area (Å²) in [5, 5.41) is 0. The minimum absolute atomic E-state index is 0.0155. The van der Waals surface area contributed by atoms with Crippen molar-refractivity contribution < 1.29 is 53.6 Å². The zero-order valence-corrected chi connectivity index (χ0v) is 21.5. The first-order valence-corrected chi connectivity index (χ1v) is 14.4. The van der Waals surface area contributed by atoms with E-state index in [4.69, 9.17) is 28.4 Å². The van der Waals surface area contributed by atoms with E-state index in [-0.39, 0.29) is 32.3 Å². The van der Waals surface area contributed by atoms with Crippen LogP contribution in [0, 0.1) is 5.92 Å². The zero-order valence-electron chi connectivity index (χ0n) is 19.9. The monoisotopic (exact) mass is 524 g/mol. The lowest BCUT2D eigenvalue weighted by atomic mass is 10.2. The fourth-order valence-electron chi connectivity index (χ4n) is 2.19. The van der Waals surface area contributed by atoms with Crippen LogP contribution < -0.4 is 0 Å². The van der Waals surface area contributed by atoms with Crippen molar-refractivity contribution in [3.05, 3.63) is 0 Å². The Morgan fingerprint density at radius 2 is 0.788 bits per heavy atom. The first-order valence-electron chi connectivity index (χ1n) is 10.8. The van der Waals surface area contributed by atoms with Crippen LogP contribution in [-0.2, 0) is 57.0 Å². The molecule has 0 saturated carbocycles. The van der Waals surface area contributed by atoms with Crippen molar-refractivity contribution in [1.82, 2.24) is 0 Å². The van der Waals surface area contributed by atoms with Crippen LogP contribution in [0.3, 0.4) is 0 Å². The first-order chi connectivity index (χ1) is 15.6. The molecule has 0 rings (SSSR count). The third-order valence-corrected chi connectivity index (χ3v) is 4.76. The molecule has 33 heavy (non-hydrogen) atoms. The zero-order chi connectivity index (χ0) is 24.8. The lowest BCUT2D eigenvalue weighted by molar-refractivity contribution is -0.0385. The van der Waals surface area contributed by atoms with Crippen LogP contribution in [0.4, 0.5) is 0 Å². The summed E-state index contributed by atoms with van der Waals surface area (Å²) in [6.45, 7) is 6.45. The second-order valence-corrected chi connectivity index (χ2v) is 10.3.